The summed E-state index contributed by atoms with van der Waals surface area (Å²) in [5, 5.41) is 8.72. The molecule has 0 radical (unpaired) electrons. The molecule has 1 saturated heterocycles. The van der Waals surface area contributed by atoms with E-state index in [9.17, 15) is 4.79 Å². The highest BCUT2D eigenvalue weighted by molar-refractivity contribution is 7.81. The molecule has 1 N–H and O–H groups in total. The highest BCUT2D eigenvalue weighted by Gasteiger charge is 2.23. The molecule has 1 aromatic rings. The standard InChI is InChI=1S/C16H24N2O2S/c19-12-11-17-7-4-8-18(10-9-17)16(20)15(21)13-14-5-2-1-3-6-14/h1-3,5-6,15,19,21H,4,7-13H2. The second-order valence-electron chi connectivity index (χ2n) is 5.45. The van der Waals surface area contributed by atoms with Gasteiger partial charge in [0, 0.05) is 26.2 Å². The Labute approximate surface area is 132 Å². The van der Waals surface area contributed by atoms with E-state index < -0.39 is 0 Å². The molecule has 21 heavy (non-hydrogen) atoms. The highest BCUT2D eigenvalue weighted by atomic mass is 32.1. The number of β-amino-alcohol motifs (C(OH)–C–C–N with tert-alkyl or cyclic N) is 1. The number of carbonyl (C=O) groups excluding carboxylic acids is 1. The summed E-state index contributed by atoms with van der Waals surface area (Å²) in [5.74, 6) is 0.119. The number of carbonyl (C=O) groups is 1. The lowest BCUT2D eigenvalue weighted by atomic mass is 10.1. The Morgan fingerprint density at radius 3 is 2.67 bits per heavy atom. The van der Waals surface area contributed by atoms with Crippen LogP contribution in [0.1, 0.15) is 12.0 Å². The lowest BCUT2D eigenvalue weighted by Crippen LogP contribution is -2.40. The first kappa shape index (κ1) is 16.3. The molecule has 4 nitrogen and oxygen atoms in total. The first-order chi connectivity index (χ1) is 10.2. The average Bonchev–Trinajstić information content (AvgIpc) is 2.73. The first-order valence-corrected chi connectivity index (χ1v) is 8.06. The van der Waals surface area contributed by atoms with Crippen molar-refractivity contribution in [1.82, 2.24) is 9.80 Å². The Morgan fingerprint density at radius 1 is 1.19 bits per heavy atom. The monoisotopic (exact) mass is 308 g/mol. The molecule has 2 rings (SSSR count). The van der Waals surface area contributed by atoms with Gasteiger partial charge in [-0.2, -0.15) is 12.6 Å². The summed E-state index contributed by atoms with van der Waals surface area (Å²) in [6.07, 6.45) is 1.62. The molecule has 1 aromatic carbocycles. The van der Waals surface area contributed by atoms with Gasteiger partial charge >= 0.3 is 0 Å². The number of amides is 1. The zero-order chi connectivity index (χ0) is 15.1. The fourth-order valence-electron chi connectivity index (χ4n) is 2.69. The van der Waals surface area contributed by atoms with Gasteiger partial charge in [0.1, 0.15) is 0 Å². The maximum Gasteiger partial charge on any atom is 0.235 e. The predicted octanol–water partition coefficient (Wildman–Crippen LogP) is 1.05. The predicted molar refractivity (Wildman–Crippen MR) is 87.6 cm³/mol. The molecule has 0 bridgehead atoms. The van der Waals surface area contributed by atoms with E-state index in [1.165, 1.54) is 0 Å². The summed E-state index contributed by atoms with van der Waals surface area (Å²) in [6, 6.07) is 10.0. The molecular formula is C16H24N2O2S. The summed E-state index contributed by atoms with van der Waals surface area (Å²) in [4.78, 5) is 16.6. The minimum absolute atomic E-state index is 0.119. The lowest BCUT2D eigenvalue weighted by molar-refractivity contribution is -0.130. The SMILES string of the molecule is O=C(C(S)Cc1ccccc1)N1CCCN(CCO)CC1. The van der Waals surface area contributed by atoms with Crippen molar-refractivity contribution in [2.24, 2.45) is 0 Å². The number of thiol groups is 1. The van der Waals surface area contributed by atoms with Gasteiger partial charge in [0.15, 0.2) is 0 Å². The van der Waals surface area contributed by atoms with Crippen LogP contribution in [-0.4, -0.2) is 65.4 Å². The summed E-state index contributed by atoms with van der Waals surface area (Å²) in [6.45, 7) is 4.16. The molecule has 1 aliphatic rings. The molecule has 116 valence electrons. The number of rotatable bonds is 5. The number of aliphatic hydroxyl groups excluding tert-OH is 1. The van der Waals surface area contributed by atoms with Crippen LogP contribution in [0.15, 0.2) is 30.3 Å². The quantitative estimate of drug-likeness (QED) is 0.799. The van der Waals surface area contributed by atoms with Gasteiger partial charge in [-0.05, 0) is 24.9 Å². The fraction of sp³-hybridized carbons (Fsp3) is 0.562. The van der Waals surface area contributed by atoms with E-state index in [1.54, 1.807) is 0 Å². The van der Waals surface area contributed by atoms with E-state index >= 15 is 0 Å². The van der Waals surface area contributed by atoms with Gasteiger partial charge in [-0.15, -0.1) is 0 Å². The summed E-state index contributed by atoms with van der Waals surface area (Å²) < 4.78 is 0. The van der Waals surface area contributed by atoms with Crippen molar-refractivity contribution in [3.8, 4) is 0 Å². The molecule has 0 aromatic heterocycles. The van der Waals surface area contributed by atoms with E-state index in [-0.39, 0.29) is 17.8 Å². The maximum absolute atomic E-state index is 12.5. The minimum Gasteiger partial charge on any atom is -0.395 e. The van der Waals surface area contributed by atoms with Crippen molar-refractivity contribution in [3.63, 3.8) is 0 Å². The average molecular weight is 308 g/mol. The highest BCUT2D eigenvalue weighted by Crippen LogP contribution is 2.12. The number of benzene rings is 1. The summed E-state index contributed by atoms with van der Waals surface area (Å²) in [5.41, 5.74) is 1.14. The third-order valence-corrected chi connectivity index (χ3v) is 4.28. The Morgan fingerprint density at radius 2 is 1.95 bits per heavy atom. The van der Waals surface area contributed by atoms with Crippen molar-refractivity contribution >= 4 is 18.5 Å². The van der Waals surface area contributed by atoms with Crippen LogP contribution in [0.4, 0.5) is 0 Å². The lowest BCUT2D eigenvalue weighted by Gasteiger charge is -2.24. The van der Waals surface area contributed by atoms with Crippen LogP contribution in [0, 0.1) is 0 Å². The van der Waals surface area contributed by atoms with Gasteiger partial charge in [-0.1, -0.05) is 30.3 Å². The van der Waals surface area contributed by atoms with Crippen LogP contribution in [-0.2, 0) is 11.2 Å². The van der Waals surface area contributed by atoms with Gasteiger partial charge in [-0.3, -0.25) is 9.69 Å². The van der Waals surface area contributed by atoms with E-state index in [4.69, 9.17) is 5.11 Å². The van der Waals surface area contributed by atoms with Crippen LogP contribution < -0.4 is 0 Å². The number of hydrogen-bond donors (Lipinski definition) is 2. The molecular weight excluding hydrogens is 284 g/mol. The van der Waals surface area contributed by atoms with Crippen LogP contribution in [0.2, 0.25) is 0 Å². The van der Waals surface area contributed by atoms with E-state index in [0.29, 0.717) is 13.0 Å². The molecule has 1 unspecified atom stereocenters. The molecule has 1 heterocycles. The molecule has 1 atom stereocenters. The first-order valence-electron chi connectivity index (χ1n) is 7.54. The number of nitrogens with zero attached hydrogens (tertiary/aromatic N) is 2. The van der Waals surface area contributed by atoms with Crippen LogP contribution in [0.25, 0.3) is 0 Å². The van der Waals surface area contributed by atoms with Crippen LogP contribution in [0.3, 0.4) is 0 Å². The van der Waals surface area contributed by atoms with Crippen molar-refractivity contribution in [2.45, 2.75) is 18.1 Å². The topological polar surface area (TPSA) is 43.8 Å². The Hall–Kier alpha value is -1.04. The van der Waals surface area contributed by atoms with E-state index in [0.717, 1.165) is 38.2 Å². The van der Waals surface area contributed by atoms with Gasteiger partial charge in [0.25, 0.3) is 0 Å². The summed E-state index contributed by atoms with van der Waals surface area (Å²) in [7, 11) is 0. The molecule has 1 fully saturated rings. The third kappa shape index (κ3) is 5.02. The zero-order valence-corrected chi connectivity index (χ0v) is 13.2. The second-order valence-corrected chi connectivity index (χ2v) is 6.07. The fourth-order valence-corrected chi connectivity index (χ4v) is 3.07. The van der Waals surface area contributed by atoms with Crippen molar-refractivity contribution in [1.29, 1.82) is 0 Å². The maximum atomic E-state index is 12.5. The number of hydrogen-bond acceptors (Lipinski definition) is 4. The van der Waals surface area contributed by atoms with Crippen LogP contribution in [0.5, 0.6) is 0 Å². The van der Waals surface area contributed by atoms with Gasteiger partial charge < -0.3 is 10.0 Å². The molecule has 5 heteroatoms. The Kier molecular flexibility index (Phi) is 6.54. The van der Waals surface area contributed by atoms with Gasteiger partial charge in [0.05, 0.1) is 11.9 Å². The van der Waals surface area contributed by atoms with Gasteiger partial charge in [-0.25, -0.2) is 0 Å². The third-order valence-electron chi connectivity index (χ3n) is 3.87. The molecule has 1 aliphatic heterocycles. The van der Waals surface area contributed by atoms with E-state index in [1.807, 2.05) is 35.2 Å². The Bertz CT molecular complexity index is 441. The number of aliphatic hydroxyl groups is 1. The van der Waals surface area contributed by atoms with E-state index in [2.05, 4.69) is 17.5 Å². The Balaban J connectivity index is 1.87. The van der Waals surface area contributed by atoms with Gasteiger partial charge in [0.2, 0.25) is 5.91 Å². The second kappa shape index (κ2) is 8.41. The van der Waals surface area contributed by atoms with Crippen LogP contribution >= 0.6 is 12.6 Å². The largest absolute Gasteiger partial charge is 0.395 e. The van der Waals surface area contributed by atoms with Crippen molar-refractivity contribution in [3.05, 3.63) is 35.9 Å². The van der Waals surface area contributed by atoms with Crippen molar-refractivity contribution < 1.29 is 9.90 Å². The molecule has 1 amide bonds. The smallest absolute Gasteiger partial charge is 0.235 e. The normalized spacial score (nSPS) is 18.3. The summed E-state index contributed by atoms with van der Waals surface area (Å²) >= 11 is 4.50. The molecule has 0 aliphatic carbocycles. The molecule has 0 spiro atoms. The molecule has 0 saturated carbocycles. The minimum atomic E-state index is -0.281. The van der Waals surface area contributed by atoms with Crippen molar-refractivity contribution in [2.75, 3.05) is 39.3 Å². The zero-order valence-electron chi connectivity index (χ0n) is 12.3.